The molecule has 0 bridgehead atoms. The van der Waals surface area contributed by atoms with Crippen molar-refractivity contribution in [2.45, 2.75) is 33.0 Å². The van der Waals surface area contributed by atoms with Crippen molar-refractivity contribution in [3.05, 3.63) is 47.2 Å². The Morgan fingerprint density at radius 3 is 2.47 bits per heavy atom. The minimum Gasteiger partial charge on any atom is -0.467 e. The van der Waals surface area contributed by atoms with E-state index >= 15 is 0 Å². The Kier molecular flexibility index (Phi) is 6.38. The first-order chi connectivity index (χ1) is 14.2. The molecule has 0 fully saturated rings. The van der Waals surface area contributed by atoms with Crippen molar-refractivity contribution in [2.24, 2.45) is 0 Å². The number of halogens is 1. The van der Waals surface area contributed by atoms with Crippen molar-refractivity contribution in [1.29, 1.82) is 0 Å². The number of carbonyl (C=O) groups is 2. The van der Waals surface area contributed by atoms with Gasteiger partial charge >= 0.3 is 12.1 Å². The van der Waals surface area contributed by atoms with Crippen molar-refractivity contribution in [1.82, 2.24) is 14.5 Å². The molecule has 0 amide bonds. The second kappa shape index (κ2) is 8.81. The summed E-state index contributed by atoms with van der Waals surface area (Å²) in [6, 6.07) is 10.9. The average molecular weight is 432 g/mol. The van der Waals surface area contributed by atoms with Gasteiger partial charge in [0, 0.05) is 5.56 Å². The molecule has 158 valence electrons. The van der Waals surface area contributed by atoms with Crippen molar-refractivity contribution in [3.8, 4) is 11.4 Å². The van der Waals surface area contributed by atoms with Gasteiger partial charge in [-0.25, -0.2) is 24.1 Å². The first-order valence-electron chi connectivity index (χ1n) is 9.21. The van der Waals surface area contributed by atoms with E-state index in [2.05, 4.69) is 14.7 Å². The quantitative estimate of drug-likeness (QED) is 0.441. The smallest absolute Gasteiger partial charge is 0.420 e. The molecule has 0 N–H and O–H groups in total. The fourth-order valence-corrected chi connectivity index (χ4v) is 2.94. The fraction of sp³-hybridized carbons (Fsp3) is 0.333. The maximum Gasteiger partial charge on any atom is 0.420 e. The first-order valence-corrected chi connectivity index (χ1v) is 9.58. The minimum atomic E-state index is -0.725. The number of hydrogen-bond donors (Lipinski definition) is 0. The van der Waals surface area contributed by atoms with E-state index in [9.17, 15) is 9.59 Å². The van der Waals surface area contributed by atoms with Crippen molar-refractivity contribution < 1.29 is 23.8 Å². The number of fused-ring (bicyclic) bond motifs is 1. The fourth-order valence-electron chi connectivity index (χ4n) is 2.72. The van der Waals surface area contributed by atoms with E-state index in [1.165, 1.54) is 11.7 Å². The molecule has 0 radical (unpaired) electrons. The summed E-state index contributed by atoms with van der Waals surface area (Å²) in [6.07, 6.45) is -0.636. The van der Waals surface area contributed by atoms with Gasteiger partial charge < -0.3 is 14.2 Å². The van der Waals surface area contributed by atoms with Crippen LogP contribution in [0.25, 0.3) is 22.4 Å². The summed E-state index contributed by atoms with van der Waals surface area (Å²) in [4.78, 5) is 33.2. The second-order valence-electron chi connectivity index (χ2n) is 7.46. The third-order valence-corrected chi connectivity index (χ3v) is 4.28. The second-order valence-corrected chi connectivity index (χ2v) is 7.82. The number of ether oxygens (including phenoxy) is 3. The highest BCUT2D eigenvalue weighted by molar-refractivity contribution is 6.34. The highest BCUT2D eigenvalue weighted by Gasteiger charge is 2.25. The molecular weight excluding hydrogens is 410 g/mol. The zero-order chi connectivity index (χ0) is 21.9. The molecule has 9 heteroatoms. The van der Waals surface area contributed by atoms with E-state index < -0.39 is 17.7 Å². The number of benzene rings is 1. The Morgan fingerprint density at radius 1 is 1.13 bits per heavy atom. The zero-order valence-electron chi connectivity index (χ0n) is 17.1. The lowest BCUT2D eigenvalue weighted by molar-refractivity contribution is -0.146. The van der Waals surface area contributed by atoms with Crippen molar-refractivity contribution in [2.75, 3.05) is 13.7 Å². The summed E-state index contributed by atoms with van der Waals surface area (Å²) in [5.74, 6) is -0.155. The van der Waals surface area contributed by atoms with Gasteiger partial charge in [0.1, 0.15) is 17.4 Å². The molecular formula is C21H22ClN3O5. The normalized spacial score (nSPS) is 11.5. The lowest BCUT2D eigenvalue weighted by Gasteiger charge is -2.20. The number of nitrogens with zero attached hydrogens (tertiary/aromatic N) is 3. The summed E-state index contributed by atoms with van der Waals surface area (Å²) in [7, 11) is 1.27. The Morgan fingerprint density at radius 2 is 1.83 bits per heavy atom. The Bertz CT molecular complexity index is 1070. The molecule has 2 aromatic heterocycles. The van der Waals surface area contributed by atoms with Crippen LogP contribution in [0.2, 0.25) is 5.15 Å². The van der Waals surface area contributed by atoms with E-state index in [1.54, 1.807) is 26.8 Å². The number of carbonyl (C=O) groups excluding carboxylic acids is 2. The maximum atomic E-state index is 13.0. The molecule has 2 heterocycles. The standard InChI is InChI=1S/C21H22ClN3O5/c1-21(2,3)30-20(27)25-14(11-29-12-16(26)28-4)10-15-17(22)23-18(24-19(15)25)13-8-6-5-7-9-13/h5-10H,11-12H2,1-4H3. The molecule has 0 atom stereocenters. The molecule has 0 aliphatic rings. The molecule has 0 saturated carbocycles. The third kappa shape index (κ3) is 4.95. The molecule has 30 heavy (non-hydrogen) atoms. The van der Waals surface area contributed by atoms with Crippen LogP contribution in [0, 0.1) is 0 Å². The lowest BCUT2D eigenvalue weighted by Crippen LogP contribution is -2.28. The first kappa shape index (κ1) is 21.7. The van der Waals surface area contributed by atoms with Gasteiger partial charge in [0.25, 0.3) is 0 Å². The van der Waals surface area contributed by atoms with Gasteiger partial charge in [-0.15, -0.1) is 0 Å². The van der Waals surface area contributed by atoms with Gasteiger partial charge in [0.2, 0.25) is 0 Å². The molecule has 0 unspecified atom stereocenters. The minimum absolute atomic E-state index is 0.0539. The summed E-state index contributed by atoms with van der Waals surface area (Å²) in [5.41, 5.74) is 0.739. The van der Waals surface area contributed by atoms with Crippen LogP contribution in [0.3, 0.4) is 0 Å². The zero-order valence-corrected chi connectivity index (χ0v) is 17.9. The summed E-state index contributed by atoms with van der Waals surface area (Å²) in [6.45, 7) is 4.98. The van der Waals surface area contributed by atoms with E-state index in [-0.39, 0.29) is 18.4 Å². The number of aromatic nitrogens is 3. The topological polar surface area (TPSA) is 92.5 Å². The van der Waals surface area contributed by atoms with Gasteiger partial charge in [0.15, 0.2) is 11.5 Å². The highest BCUT2D eigenvalue weighted by Crippen LogP contribution is 2.29. The highest BCUT2D eigenvalue weighted by atomic mass is 35.5. The average Bonchev–Trinajstić information content (AvgIpc) is 3.06. The molecule has 8 nitrogen and oxygen atoms in total. The molecule has 0 aliphatic carbocycles. The predicted octanol–water partition coefficient (Wildman–Crippen LogP) is 4.22. The molecule has 3 rings (SSSR count). The maximum absolute atomic E-state index is 13.0. The summed E-state index contributed by atoms with van der Waals surface area (Å²) >= 11 is 6.41. The summed E-state index contributed by atoms with van der Waals surface area (Å²) < 4.78 is 16.8. The van der Waals surface area contributed by atoms with E-state index in [4.69, 9.17) is 21.1 Å². The van der Waals surface area contributed by atoms with Crippen LogP contribution in [-0.4, -0.2) is 45.9 Å². The van der Waals surface area contributed by atoms with Gasteiger partial charge in [-0.05, 0) is 26.8 Å². The molecule has 1 aromatic carbocycles. The van der Waals surface area contributed by atoms with Crippen LogP contribution in [0.5, 0.6) is 0 Å². The van der Waals surface area contributed by atoms with Crippen molar-refractivity contribution in [3.63, 3.8) is 0 Å². The number of hydrogen-bond acceptors (Lipinski definition) is 7. The number of rotatable bonds is 5. The SMILES string of the molecule is COC(=O)COCc1cc2c(Cl)nc(-c3ccccc3)nc2n1C(=O)OC(C)(C)C. The molecule has 0 aliphatic heterocycles. The number of esters is 1. The largest absolute Gasteiger partial charge is 0.467 e. The number of methoxy groups -OCH3 is 1. The van der Waals surface area contributed by atoms with Gasteiger partial charge in [0.05, 0.1) is 24.8 Å². The van der Waals surface area contributed by atoms with Crippen LogP contribution >= 0.6 is 11.6 Å². The van der Waals surface area contributed by atoms with Gasteiger partial charge in [-0.1, -0.05) is 41.9 Å². The van der Waals surface area contributed by atoms with Crippen LogP contribution in [0.4, 0.5) is 4.79 Å². The van der Waals surface area contributed by atoms with Gasteiger partial charge in [-0.2, -0.15) is 0 Å². The van der Waals surface area contributed by atoms with Crippen LogP contribution in [0.15, 0.2) is 36.4 Å². The van der Waals surface area contributed by atoms with E-state index in [1.807, 2.05) is 30.3 Å². The Balaban J connectivity index is 2.09. The van der Waals surface area contributed by atoms with E-state index in [0.717, 1.165) is 5.56 Å². The predicted molar refractivity (Wildman–Crippen MR) is 111 cm³/mol. The molecule has 3 aromatic rings. The lowest BCUT2D eigenvalue weighted by atomic mass is 10.2. The van der Waals surface area contributed by atoms with Crippen LogP contribution in [-0.2, 0) is 25.6 Å². The summed E-state index contributed by atoms with van der Waals surface area (Å²) in [5, 5.41) is 0.661. The van der Waals surface area contributed by atoms with Crippen LogP contribution < -0.4 is 0 Å². The van der Waals surface area contributed by atoms with E-state index in [0.29, 0.717) is 22.6 Å². The van der Waals surface area contributed by atoms with Gasteiger partial charge in [-0.3, -0.25) is 0 Å². The molecule has 0 saturated heterocycles. The van der Waals surface area contributed by atoms with Crippen molar-refractivity contribution >= 4 is 34.7 Å². The molecule has 0 spiro atoms. The third-order valence-electron chi connectivity index (χ3n) is 3.99. The monoisotopic (exact) mass is 431 g/mol. The Hall–Kier alpha value is -2.97. The van der Waals surface area contributed by atoms with Crippen LogP contribution in [0.1, 0.15) is 26.5 Å². The Labute approximate surface area is 178 Å².